The van der Waals surface area contributed by atoms with Crippen LogP contribution in [0.1, 0.15) is 24.1 Å². The van der Waals surface area contributed by atoms with E-state index in [-0.39, 0.29) is 24.0 Å². The Bertz CT molecular complexity index is 476. The third-order valence-electron chi connectivity index (χ3n) is 4.07. The van der Waals surface area contributed by atoms with E-state index in [1.54, 1.807) is 0 Å². The molecular weight excluding hydrogens is 536 g/mol. The smallest absolute Gasteiger partial charge is 0.193 e. The van der Waals surface area contributed by atoms with E-state index in [0.29, 0.717) is 0 Å². The Balaban J connectivity index is 0.00000264. The van der Waals surface area contributed by atoms with Gasteiger partial charge in [-0.15, -0.1) is 35.3 Å². The number of hydrogen-bond acceptors (Lipinski definition) is 3. The number of rotatable bonds is 6. The number of nitrogens with one attached hydrogen (secondary N) is 1. The highest BCUT2D eigenvalue weighted by atomic mass is 127. The molecule has 1 fully saturated rings. The maximum Gasteiger partial charge on any atom is 0.193 e. The Labute approximate surface area is 174 Å². The molecular formula is C16H27I2N3OS. The molecule has 23 heavy (non-hydrogen) atoms. The van der Waals surface area contributed by atoms with Crippen molar-refractivity contribution < 1.29 is 4.74 Å². The maximum atomic E-state index is 5.42. The number of ether oxygens (including phenoxy) is 1. The van der Waals surface area contributed by atoms with Crippen molar-refractivity contribution in [3.05, 3.63) is 19.9 Å². The molecule has 4 nitrogen and oxygen atoms in total. The summed E-state index contributed by atoms with van der Waals surface area (Å²) in [5, 5.41) is 3.47. The SMILES string of the molecule is CN=C(NCCc1ccc(I)s1)N(C)CCC1CCOCC1.I. The summed E-state index contributed by atoms with van der Waals surface area (Å²) in [7, 11) is 3.99. The fourth-order valence-corrected chi connectivity index (χ4v) is 4.44. The Morgan fingerprint density at radius 2 is 2.17 bits per heavy atom. The minimum absolute atomic E-state index is 0. The van der Waals surface area contributed by atoms with Gasteiger partial charge >= 0.3 is 0 Å². The number of aliphatic imine (C=N–C) groups is 1. The van der Waals surface area contributed by atoms with Crippen molar-refractivity contribution in [3.8, 4) is 0 Å². The van der Waals surface area contributed by atoms with Crippen LogP contribution in [0.4, 0.5) is 0 Å². The van der Waals surface area contributed by atoms with E-state index in [1.807, 2.05) is 18.4 Å². The van der Waals surface area contributed by atoms with Crippen LogP contribution in [0.5, 0.6) is 0 Å². The number of guanidine groups is 1. The van der Waals surface area contributed by atoms with Crippen molar-refractivity contribution >= 4 is 63.9 Å². The molecule has 1 N–H and O–H groups in total. The van der Waals surface area contributed by atoms with Gasteiger partial charge in [-0.2, -0.15) is 0 Å². The number of halogens is 2. The lowest BCUT2D eigenvalue weighted by atomic mass is 9.96. The quantitative estimate of drug-likeness (QED) is 0.325. The van der Waals surface area contributed by atoms with Crippen LogP contribution >= 0.6 is 57.9 Å². The highest BCUT2D eigenvalue weighted by Crippen LogP contribution is 2.19. The Hall–Kier alpha value is 0.390. The number of thiophene rings is 1. The molecule has 0 bridgehead atoms. The first-order valence-corrected chi connectivity index (χ1v) is 9.82. The van der Waals surface area contributed by atoms with Crippen LogP contribution < -0.4 is 5.32 Å². The van der Waals surface area contributed by atoms with Crippen LogP contribution in [0.2, 0.25) is 0 Å². The third-order valence-corrected chi connectivity index (χ3v) is 6.02. The Morgan fingerprint density at radius 3 is 2.78 bits per heavy atom. The monoisotopic (exact) mass is 563 g/mol. The minimum atomic E-state index is 0. The van der Waals surface area contributed by atoms with E-state index in [2.05, 4.69) is 57.0 Å². The molecule has 0 saturated carbocycles. The zero-order chi connectivity index (χ0) is 15.8. The molecule has 1 aliphatic heterocycles. The van der Waals surface area contributed by atoms with Gasteiger partial charge in [0.1, 0.15) is 0 Å². The molecule has 0 spiro atoms. The Kier molecular flexibility index (Phi) is 11.1. The molecule has 0 unspecified atom stereocenters. The van der Waals surface area contributed by atoms with E-state index in [0.717, 1.165) is 44.6 Å². The van der Waals surface area contributed by atoms with Gasteiger partial charge in [-0.25, -0.2) is 0 Å². The molecule has 1 saturated heterocycles. The van der Waals surface area contributed by atoms with E-state index in [9.17, 15) is 0 Å². The summed E-state index contributed by atoms with van der Waals surface area (Å²) in [6, 6.07) is 4.39. The largest absolute Gasteiger partial charge is 0.381 e. The fourth-order valence-electron chi connectivity index (χ4n) is 2.69. The number of nitrogens with zero attached hydrogens (tertiary/aromatic N) is 2. The molecule has 132 valence electrons. The second-order valence-corrected chi connectivity index (χ2v) is 8.76. The van der Waals surface area contributed by atoms with Gasteiger partial charge in [0.05, 0.1) is 2.88 Å². The van der Waals surface area contributed by atoms with Gasteiger partial charge in [-0.1, -0.05) is 0 Å². The van der Waals surface area contributed by atoms with Gasteiger partial charge in [0, 0.05) is 45.3 Å². The molecule has 0 radical (unpaired) electrons. The van der Waals surface area contributed by atoms with Crippen LogP contribution in [0.3, 0.4) is 0 Å². The van der Waals surface area contributed by atoms with Crippen molar-refractivity contribution in [3.63, 3.8) is 0 Å². The number of hydrogen-bond donors (Lipinski definition) is 1. The summed E-state index contributed by atoms with van der Waals surface area (Å²) in [4.78, 5) is 8.07. The molecule has 2 heterocycles. The lowest BCUT2D eigenvalue weighted by Gasteiger charge is -2.26. The van der Waals surface area contributed by atoms with E-state index >= 15 is 0 Å². The van der Waals surface area contributed by atoms with Crippen molar-refractivity contribution in [1.82, 2.24) is 10.2 Å². The highest BCUT2D eigenvalue weighted by Gasteiger charge is 2.15. The van der Waals surface area contributed by atoms with Gasteiger partial charge in [-0.05, 0) is 66.3 Å². The van der Waals surface area contributed by atoms with Crippen molar-refractivity contribution in [1.29, 1.82) is 0 Å². The summed E-state index contributed by atoms with van der Waals surface area (Å²) in [5.74, 6) is 1.81. The summed E-state index contributed by atoms with van der Waals surface area (Å²) in [6.07, 6.45) is 4.69. The van der Waals surface area contributed by atoms with E-state index in [1.165, 1.54) is 27.0 Å². The summed E-state index contributed by atoms with van der Waals surface area (Å²) in [6.45, 7) is 3.86. The van der Waals surface area contributed by atoms with Crippen molar-refractivity contribution in [2.75, 3.05) is 40.4 Å². The summed E-state index contributed by atoms with van der Waals surface area (Å²) in [5.41, 5.74) is 0. The summed E-state index contributed by atoms with van der Waals surface area (Å²) < 4.78 is 6.78. The van der Waals surface area contributed by atoms with Crippen LogP contribution in [-0.4, -0.2) is 51.3 Å². The average Bonchev–Trinajstić information content (AvgIpc) is 2.95. The van der Waals surface area contributed by atoms with Crippen molar-refractivity contribution in [2.24, 2.45) is 10.9 Å². The maximum absolute atomic E-state index is 5.42. The van der Waals surface area contributed by atoms with Crippen LogP contribution in [0.15, 0.2) is 17.1 Å². The van der Waals surface area contributed by atoms with Gasteiger partial charge in [0.15, 0.2) is 5.96 Å². The zero-order valence-corrected chi connectivity index (χ0v) is 19.2. The van der Waals surface area contributed by atoms with Gasteiger partial charge in [-0.3, -0.25) is 4.99 Å². The molecule has 1 aliphatic rings. The molecule has 0 amide bonds. The lowest BCUT2D eigenvalue weighted by Crippen LogP contribution is -2.40. The van der Waals surface area contributed by atoms with Gasteiger partial charge < -0.3 is 15.0 Å². The molecule has 2 rings (SSSR count). The molecule has 0 aromatic carbocycles. The molecule has 0 atom stereocenters. The molecule has 0 aliphatic carbocycles. The molecule has 1 aromatic heterocycles. The first-order valence-electron chi connectivity index (χ1n) is 7.92. The highest BCUT2D eigenvalue weighted by molar-refractivity contribution is 14.1. The van der Waals surface area contributed by atoms with Gasteiger partial charge in [0.25, 0.3) is 0 Å². The second kappa shape index (κ2) is 11.9. The lowest BCUT2D eigenvalue weighted by molar-refractivity contribution is 0.0625. The molecule has 7 heteroatoms. The molecule has 1 aromatic rings. The predicted molar refractivity (Wildman–Crippen MR) is 118 cm³/mol. The zero-order valence-electron chi connectivity index (χ0n) is 13.9. The first kappa shape index (κ1) is 21.4. The second-order valence-electron chi connectivity index (χ2n) is 5.70. The third kappa shape index (κ3) is 7.87. The van der Waals surface area contributed by atoms with Gasteiger partial charge in [0.2, 0.25) is 0 Å². The van der Waals surface area contributed by atoms with E-state index in [4.69, 9.17) is 4.74 Å². The normalized spacial score (nSPS) is 16.0. The standard InChI is InChI=1S/C16H26IN3OS.HI/c1-18-16(19-9-5-14-3-4-15(17)22-14)20(2)10-6-13-7-11-21-12-8-13;/h3-4,13H,5-12H2,1-2H3,(H,18,19);1H. The Morgan fingerprint density at radius 1 is 1.43 bits per heavy atom. The average molecular weight is 563 g/mol. The van der Waals surface area contributed by atoms with Crippen LogP contribution in [0.25, 0.3) is 0 Å². The van der Waals surface area contributed by atoms with Crippen LogP contribution in [0, 0.1) is 8.80 Å². The topological polar surface area (TPSA) is 36.9 Å². The van der Waals surface area contributed by atoms with Crippen LogP contribution in [-0.2, 0) is 11.2 Å². The predicted octanol–water partition coefficient (Wildman–Crippen LogP) is 3.84. The van der Waals surface area contributed by atoms with Crippen molar-refractivity contribution in [2.45, 2.75) is 25.7 Å². The fraction of sp³-hybridized carbons (Fsp3) is 0.688. The van der Waals surface area contributed by atoms with E-state index < -0.39 is 0 Å². The summed E-state index contributed by atoms with van der Waals surface area (Å²) >= 11 is 4.24. The first-order chi connectivity index (χ1) is 10.7. The minimum Gasteiger partial charge on any atom is -0.381 e.